The highest BCUT2D eigenvalue weighted by Gasteiger charge is 2.31. The Labute approximate surface area is 292 Å². The number of hydrogen-bond acceptors (Lipinski definition) is 4. The Morgan fingerprint density at radius 3 is 1.62 bits per heavy atom. The normalized spacial score (nSPS) is 19.6. The molecule has 0 amide bonds. The van der Waals surface area contributed by atoms with Gasteiger partial charge in [0.25, 0.3) is 0 Å². The maximum absolute atomic E-state index is 12.6. The van der Waals surface area contributed by atoms with Gasteiger partial charge in [-0.3, -0.25) is 0 Å². The van der Waals surface area contributed by atoms with Gasteiger partial charge in [0.2, 0.25) is 20.0 Å². The fourth-order valence-electron chi connectivity index (χ4n) is 7.63. The molecule has 0 saturated heterocycles. The Morgan fingerprint density at radius 2 is 1.11 bits per heavy atom. The highest BCUT2D eigenvalue weighted by atomic mass is 79.9. The monoisotopic (exact) mass is 744 g/mol. The Hall–Kier alpha value is -1.78. The van der Waals surface area contributed by atoms with Crippen molar-refractivity contribution in [1.29, 1.82) is 0 Å². The lowest BCUT2D eigenvalue weighted by Crippen LogP contribution is -2.40. The van der Waals surface area contributed by atoms with E-state index in [9.17, 15) is 16.8 Å². The van der Waals surface area contributed by atoms with Crippen LogP contribution in [0.2, 0.25) is 0 Å². The van der Waals surface area contributed by atoms with E-state index < -0.39 is 31.1 Å². The van der Waals surface area contributed by atoms with Crippen LogP contribution in [-0.2, 0) is 32.9 Å². The summed E-state index contributed by atoms with van der Waals surface area (Å²) in [5.41, 5.74) is 6.70. The summed E-state index contributed by atoms with van der Waals surface area (Å²) in [5, 5.41) is 0. The highest BCUT2D eigenvalue weighted by Crippen LogP contribution is 2.46. The average Bonchev–Trinajstić information content (AvgIpc) is 3.55. The zero-order valence-corrected chi connectivity index (χ0v) is 32.2. The van der Waals surface area contributed by atoms with Crippen molar-refractivity contribution in [2.24, 2.45) is 11.8 Å². The molecule has 258 valence electrons. The van der Waals surface area contributed by atoms with E-state index in [0.717, 1.165) is 24.0 Å². The molecule has 0 atom stereocenters. The Morgan fingerprint density at radius 1 is 0.638 bits per heavy atom. The van der Waals surface area contributed by atoms with Crippen LogP contribution in [0.3, 0.4) is 0 Å². The SMILES string of the molecule is CC(C)(C)NS(=O)(=O)c1ccc2c(c1)CC(Br)=C2C1CCCCC1.CC(C)(C)NS(=O)(=O)c1ccc2c(c1)CC=C2C1CCCCC1. The summed E-state index contributed by atoms with van der Waals surface area (Å²) in [7, 11) is -6.94. The van der Waals surface area contributed by atoms with Gasteiger partial charge in [-0.1, -0.05) is 72.7 Å². The van der Waals surface area contributed by atoms with Gasteiger partial charge in [-0.05, 0) is 143 Å². The van der Waals surface area contributed by atoms with Crippen molar-refractivity contribution in [3.63, 3.8) is 0 Å². The fourth-order valence-corrected chi connectivity index (χ4v) is 11.4. The van der Waals surface area contributed by atoms with Crippen LogP contribution in [0.5, 0.6) is 0 Å². The highest BCUT2D eigenvalue weighted by molar-refractivity contribution is 9.11. The lowest BCUT2D eigenvalue weighted by molar-refractivity contribution is 0.429. The number of hydrogen-bond donors (Lipinski definition) is 2. The van der Waals surface area contributed by atoms with E-state index in [1.807, 2.05) is 65.8 Å². The second-order valence-corrected chi connectivity index (χ2v) is 20.2. The van der Waals surface area contributed by atoms with Gasteiger partial charge in [-0.15, -0.1) is 0 Å². The molecule has 2 saturated carbocycles. The molecule has 9 heteroatoms. The van der Waals surface area contributed by atoms with Crippen LogP contribution in [0.4, 0.5) is 0 Å². The van der Waals surface area contributed by atoms with Crippen LogP contribution in [0, 0.1) is 11.8 Å². The summed E-state index contributed by atoms with van der Waals surface area (Å²) in [4.78, 5) is 0.742. The van der Waals surface area contributed by atoms with Crippen molar-refractivity contribution in [2.75, 3.05) is 0 Å². The van der Waals surface area contributed by atoms with Gasteiger partial charge in [0.15, 0.2) is 0 Å². The molecule has 2 N–H and O–H groups in total. The Kier molecular flexibility index (Phi) is 11.0. The first-order chi connectivity index (χ1) is 21.9. The zero-order chi connectivity index (χ0) is 34.2. The largest absolute Gasteiger partial charge is 0.241 e. The van der Waals surface area contributed by atoms with E-state index in [4.69, 9.17) is 0 Å². The Balaban J connectivity index is 0.000000185. The molecule has 0 heterocycles. The lowest BCUT2D eigenvalue weighted by atomic mass is 9.82. The first-order valence-electron chi connectivity index (χ1n) is 17.4. The number of fused-ring (bicyclic) bond motifs is 2. The Bertz CT molecular complexity index is 1750. The van der Waals surface area contributed by atoms with E-state index in [1.54, 1.807) is 12.1 Å². The first kappa shape index (κ1) is 36.5. The molecular formula is C38H53BrN2O4S2. The van der Waals surface area contributed by atoms with Crippen LogP contribution in [0.15, 0.2) is 56.7 Å². The number of benzene rings is 2. The number of nitrogens with one attached hydrogen (secondary N) is 2. The molecule has 4 aliphatic rings. The van der Waals surface area contributed by atoms with E-state index >= 15 is 0 Å². The van der Waals surface area contributed by atoms with Gasteiger partial charge in [-0.25, -0.2) is 26.3 Å². The van der Waals surface area contributed by atoms with Crippen molar-refractivity contribution >= 4 is 47.1 Å². The molecule has 0 bridgehead atoms. The van der Waals surface area contributed by atoms with Crippen molar-refractivity contribution < 1.29 is 16.8 Å². The zero-order valence-electron chi connectivity index (χ0n) is 29.0. The van der Waals surface area contributed by atoms with Crippen molar-refractivity contribution in [1.82, 2.24) is 9.44 Å². The molecule has 2 fully saturated rings. The quantitative estimate of drug-likeness (QED) is 0.309. The molecule has 0 aliphatic heterocycles. The molecule has 2 aromatic carbocycles. The van der Waals surface area contributed by atoms with Gasteiger partial charge < -0.3 is 0 Å². The van der Waals surface area contributed by atoms with Crippen LogP contribution < -0.4 is 9.44 Å². The minimum atomic E-state index is -3.48. The van der Waals surface area contributed by atoms with E-state index in [-0.39, 0.29) is 0 Å². The number of allylic oxidation sites excluding steroid dienone is 4. The summed E-state index contributed by atoms with van der Waals surface area (Å²) < 4.78 is 56.9. The minimum Gasteiger partial charge on any atom is -0.207 e. The van der Waals surface area contributed by atoms with E-state index in [2.05, 4.69) is 31.5 Å². The van der Waals surface area contributed by atoms with Crippen LogP contribution in [0.1, 0.15) is 128 Å². The third-order valence-electron chi connectivity index (χ3n) is 9.49. The third-order valence-corrected chi connectivity index (χ3v) is 13.7. The summed E-state index contributed by atoms with van der Waals surface area (Å²) >= 11 is 3.76. The van der Waals surface area contributed by atoms with Gasteiger partial charge >= 0.3 is 0 Å². The predicted octanol–water partition coefficient (Wildman–Crippen LogP) is 9.29. The molecule has 0 radical (unpaired) electrons. The van der Waals surface area contributed by atoms with Crippen molar-refractivity contribution in [3.05, 3.63) is 69.2 Å². The van der Waals surface area contributed by atoms with Gasteiger partial charge in [0.1, 0.15) is 0 Å². The van der Waals surface area contributed by atoms with Crippen molar-refractivity contribution in [3.8, 4) is 0 Å². The summed E-state index contributed by atoms with van der Waals surface area (Å²) in [6.07, 6.45) is 16.9. The van der Waals surface area contributed by atoms with Gasteiger partial charge in [0, 0.05) is 22.0 Å². The molecule has 4 aliphatic carbocycles. The lowest BCUT2D eigenvalue weighted by Gasteiger charge is -2.24. The van der Waals surface area contributed by atoms with Crippen LogP contribution >= 0.6 is 15.9 Å². The summed E-state index contributed by atoms with van der Waals surface area (Å²) in [6.45, 7) is 11.2. The number of halogens is 1. The van der Waals surface area contributed by atoms with E-state index in [1.165, 1.54) is 91.0 Å². The summed E-state index contributed by atoms with van der Waals surface area (Å²) in [5.74, 6) is 1.28. The first-order valence-corrected chi connectivity index (χ1v) is 21.1. The molecule has 6 rings (SSSR count). The second kappa shape index (κ2) is 14.2. The van der Waals surface area contributed by atoms with Gasteiger partial charge in [0.05, 0.1) is 9.79 Å². The predicted molar refractivity (Wildman–Crippen MR) is 197 cm³/mol. The average molecular weight is 746 g/mol. The van der Waals surface area contributed by atoms with Crippen molar-refractivity contribution in [2.45, 2.75) is 139 Å². The number of rotatable bonds is 6. The number of sulfonamides is 2. The standard InChI is InChI=1S/C19H26BrNO2S.C19H27NO2S/c1-19(2,3)21-24(22,23)15-9-10-16-14(11-15)12-17(20)18(16)13-7-5-4-6-8-13;1-19(2,3)20-23(21,22)16-10-12-18-15(13-16)9-11-17(18)14-7-5-4-6-8-14/h9-11,13,21H,4-8,12H2,1-3H3;10-14,20H,4-9H2,1-3H3. The molecule has 0 spiro atoms. The molecule has 0 aromatic heterocycles. The second-order valence-electron chi connectivity index (χ2n) is 15.9. The topological polar surface area (TPSA) is 92.3 Å². The fraction of sp³-hybridized carbons (Fsp3) is 0.579. The molecule has 0 unspecified atom stereocenters. The molecule has 47 heavy (non-hydrogen) atoms. The van der Waals surface area contributed by atoms with Crippen LogP contribution in [0.25, 0.3) is 11.1 Å². The maximum atomic E-state index is 12.6. The maximum Gasteiger partial charge on any atom is 0.241 e. The summed E-state index contributed by atoms with van der Waals surface area (Å²) in [6, 6.07) is 11.2. The molecule has 2 aromatic rings. The van der Waals surface area contributed by atoms with E-state index in [0.29, 0.717) is 21.6 Å². The smallest absolute Gasteiger partial charge is 0.207 e. The van der Waals surface area contributed by atoms with Crippen LogP contribution in [-0.4, -0.2) is 27.9 Å². The third kappa shape index (κ3) is 9.07. The van der Waals surface area contributed by atoms with Gasteiger partial charge in [-0.2, -0.15) is 0 Å². The molecular weight excluding hydrogens is 692 g/mol. The molecule has 6 nitrogen and oxygen atoms in total. The minimum absolute atomic E-state index is 0.362.